The maximum atomic E-state index is 10.8. The number of hydrogen-bond donors (Lipinski definition) is 2. The molecule has 1 aliphatic heterocycles. The van der Waals surface area contributed by atoms with E-state index in [-0.39, 0.29) is 0 Å². The summed E-state index contributed by atoms with van der Waals surface area (Å²) >= 11 is 1.51. The molecule has 1 fully saturated rings. The van der Waals surface area contributed by atoms with Crippen molar-refractivity contribution < 1.29 is 9.90 Å². The molecule has 1 aromatic rings. The van der Waals surface area contributed by atoms with Gasteiger partial charge in [-0.1, -0.05) is 0 Å². The number of likely N-dealkylation sites (tertiary alicyclic amines) is 1. The minimum Gasteiger partial charge on any atom is -0.478 e. The molecule has 5 heteroatoms. The van der Waals surface area contributed by atoms with Crippen molar-refractivity contribution in [3.63, 3.8) is 0 Å². The number of carboxylic acid groups (broad SMARTS) is 1. The van der Waals surface area contributed by atoms with E-state index in [0.717, 1.165) is 23.9 Å². The van der Waals surface area contributed by atoms with Gasteiger partial charge < -0.3 is 15.3 Å². The van der Waals surface area contributed by atoms with E-state index in [1.807, 2.05) is 0 Å². The highest BCUT2D eigenvalue weighted by Crippen LogP contribution is 2.19. The Bertz CT molecular complexity index is 411. The van der Waals surface area contributed by atoms with Crippen molar-refractivity contribution in [2.45, 2.75) is 25.8 Å². The number of thiophene rings is 1. The summed E-state index contributed by atoms with van der Waals surface area (Å²) in [5.41, 5.74) is 0.400. The zero-order chi connectivity index (χ0) is 13.7. The maximum Gasteiger partial charge on any atom is 0.336 e. The van der Waals surface area contributed by atoms with Gasteiger partial charge in [0.15, 0.2) is 0 Å². The van der Waals surface area contributed by atoms with Crippen LogP contribution < -0.4 is 5.32 Å². The quantitative estimate of drug-likeness (QED) is 0.786. The third-order valence-corrected chi connectivity index (χ3v) is 4.70. The van der Waals surface area contributed by atoms with Gasteiger partial charge in [0.1, 0.15) is 0 Å². The first-order valence-corrected chi connectivity index (χ1v) is 7.73. The van der Waals surface area contributed by atoms with Crippen LogP contribution in [0.15, 0.2) is 11.4 Å². The highest BCUT2D eigenvalue weighted by Gasteiger charge is 2.15. The van der Waals surface area contributed by atoms with Crippen LogP contribution in [0.4, 0.5) is 0 Å². The Morgan fingerprint density at radius 3 is 2.89 bits per heavy atom. The zero-order valence-electron chi connectivity index (χ0n) is 11.4. The normalized spacial score (nSPS) is 17.7. The van der Waals surface area contributed by atoms with Crippen molar-refractivity contribution in [2.75, 3.05) is 26.7 Å². The summed E-state index contributed by atoms with van der Waals surface area (Å²) in [4.78, 5) is 14.2. The van der Waals surface area contributed by atoms with Crippen LogP contribution in [0.2, 0.25) is 0 Å². The molecular formula is C14H22N2O2S. The number of rotatable bonds is 6. The van der Waals surface area contributed by atoms with E-state index in [1.54, 1.807) is 11.4 Å². The van der Waals surface area contributed by atoms with E-state index in [2.05, 4.69) is 17.3 Å². The highest BCUT2D eigenvalue weighted by atomic mass is 32.1. The molecule has 0 aromatic carbocycles. The van der Waals surface area contributed by atoms with Gasteiger partial charge in [-0.3, -0.25) is 0 Å². The third-order valence-electron chi connectivity index (χ3n) is 3.77. The SMILES string of the molecule is CN1CCC(CCNCc2cc(C(=O)O)cs2)CC1. The number of piperidine rings is 1. The van der Waals surface area contributed by atoms with Crippen LogP contribution in [0.5, 0.6) is 0 Å². The molecule has 1 aliphatic rings. The van der Waals surface area contributed by atoms with Crippen molar-refractivity contribution in [1.29, 1.82) is 0 Å². The Labute approximate surface area is 118 Å². The summed E-state index contributed by atoms with van der Waals surface area (Å²) in [7, 11) is 2.19. The number of carboxylic acids is 1. The molecule has 0 spiro atoms. The van der Waals surface area contributed by atoms with Crippen LogP contribution in [0.25, 0.3) is 0 Å². The predicted molar refractivity (Wildman–Crippen MR) is 77.8 cm³/mol. The Kier molecular flexibility index (Phi) is 5.36. The fourth-order valence-electron chi connectivity index (χ4n) is 2.45. The van der Waals surface area contributed by atoms with Crippen LogP contribution in [-0.2, 0) is 6.54 Å². The monoisotopic (exact) mass is 282 g/mol. The minimum atomic E-state index is -0.839. The smallest absolute Gasteiger partial charge is 0.336 e. The van der Waals surface area contributed by atoms with Gasteiger partial charge in [0.2, 0.25) is 0 Å². The van der Waals surface area contributed by atoms with Crippen molar-refractivity contribution in [2.24, 2.45) is 5.92 Å². The van der Waals surface area contributed by atoms with Crippen LogP contribution in [0.3, 0.4) is 0 Å². The van der Waals surface area contributed by atoms with Gasteiger partial charge >= 0.3 is 5.97 Å². The fourth-order valence-corrected chi connectivity index (χ4v) is 3.28. The zero-order valence-corrected chi connectivity index (χ0v) is 12.2. The standard InChI is InChI=1S/C14H22N2O2S/c1-16-6-3-11(4-7-16)2-5-15-9-13-8-12(10-19-13)14(17)18/h8,10-11,15H,2-7,9H2,1H3,(H,17,18). The predicted octanol–water partition coefficient (Wildman–Crippen LogP) is 2.27. The lowest BCUT2D eigenvalue weighted by Gasteiger charge is -2.28. The molecule has 0 aliphatic carbocycles. The summed E-state index contributed by atoms with van der Waals surface area (Å²) < 4.78 is 0. The topological polar surface area (TPSA) is 52.6 Å². The molecular weight excluding hydrogens is 260 g/mol. The van der Waals surface area contributed by atoms with Crippen molar-refractivity contribution >= 4 is 17.3 Å². The Morgan fingerprint density at radius 1 is 1.53 bits per heavy atom. The molecule has 2 N–H and O–H groups in total. The summed E-state index contributed by atoms with van der Waals surface area (Å²) in [5.74, 6) is 0.00967. The van der Waals surface area contributed by atoms with Gasteiger partial charge in [0, 0.05) is 16.8 Å². The molecule has 0 saturated carbocycles. The molecule has 19 heavy (non-hydrogen) atoms. The van der Waals surface area contributed by atoms with E-state index in [9.17, 15) is 4.79 Å². The van der Waals surface area contributed by atoms with Gasteiger partial charge in [-0.2, -0.15) is 0 Å². The number of hydrogen-bond acceptors (Lipinski definition) is 4. The first-order chi connectivity index (χ1) is 9.15. The van der Waals surface area contributed by atoms with Gasteiger partial charge in [0.25, 0.3) is 0 Å². The first kappa shape index (κ1) is 14.5. The van der Waals surface area contributed by atoms with E-state index < -0.39 is 5.97 Å². The second-order valence-corrected chi connectivity index (χ2v) is 6.31. The number of aromatic carboxylic acids is 1. The van der Waals surface area contributed by atoms with Gasteiger partial charge in [-0.25, -0.2) is 4.79 Å². The molecule has 0 amide bonds. The molecule has 2 heterocycles. The first-order valence-electron chi connectivity index (χ1n) is 6.85. The third kappa shape index (κ3) is 4.60. The molecule has 4 nitrogen and oxygen atoms in total. The van der Waals surface area contributed by atoms with Crippen LogP contribution >= 0.6 is 11.3 Å². The second kappa shape index (κ2) is 7.03. The number of nitrogens with zero attached hydrogens (tertiary/aromatic N) is 1. The van der Waals surface area contributed by atoms with Crippen LogP contribution in [-0.4, -0.2) is 42.7 Å². The average Bonchev–Trinajstić information content (AvgIpc) is 2.86. The molecule has 0 unspecified atom stereocenters. The summed E-state index contributed by atoms with van der Waals surface area (Å²) in [6, 6.07) is 1.76. The largest absolute Gasteiger partial charge is 0.478 e. The molecule has 0 bridgehead atoms. The van der Waals surface area contributed by atoms with Crippen molar-refractivity contribution in [1.82, 2.24) is 10.2 Å². The van der Waals surface area contributed by atoms with E-state index >= 15 is 0 Å². The molecule has 1 aromatic heterocycles. The number of nitrogens with one attached hydrogen (secondary N) is 1. The Morgan fingerprint density at radius 2 is 2.26 bits per heavy atom. The number of carbonyl (C=O) groups is 1. The summed E-state index contributed by atoms with van der Waals surface area (Å²) in [6.07, 6.45) is 3.84. The molecule has 0 atom stereocenters. The highest BCUT2D eigenvalue weighted by molar-refractivity contribution is 7.10. The fraction of sp³-hybridized carbons (Fsp3) is 0.643. The Hall–Kier alpha value is -0.910. The van der Waals surface area contributed by atoms with Gasteiger partial charge in [-0.05, 0) is 57.9 Å². The van der Waals surface area contributed by atoms with E-state index in [1.165, 1.54) is 43.7 Å². The molecule has 0 radical (unpaired) electrons. The molecule has 1 saturated heterocycles. The molecule has 2 rings (SSSR count). The van der Waals surface area contributed by atoms with Crippen LogP contribution in [0, 0.1) is 5.92 Å². The minimum absolute atomic E-state index is 0.400. The van der Waals surface area contributed by atoms with E-state index in [4.69, 9.17) is 5.11 Å². The van der Waals surface area contributed by atoms with Gasteiger partial charge in [-0.15, -0.1) is 11.3 Å². The second-order valence-electron chi connectivity index (χ2n) is 5.32. The van der Waals surface area contributed by atoms with Crippen LogP contribution in [0.1, 0.15) is 34.5 Å². The average molecular weight is 282 g/mol. The summed E-state index contributed by atoms with van der Waals surface area (Å²) in [5, 5.41) is 14.0. The lowest BCUT2D eigenvalue weighted by Crippen LogP contribution is -2.31. The summed E-state index contributed by atoms with van der Waals surface area (Å²) in [6.45, 7) is 4.24. The maximum absolute atomic E-state index is 10.8. The van der Waals surface area contributed by atoms with Crippen molar-refractivity contribution in [3.05, 3.63) is 21.9 Å². The van der Waals surface area contributed by atoms with Gasteiger partial charge in [0.05, 0.1) is 5.56 Å². The lowest BCUT2D eigenvalue weighted by atomic mass is 9.94. The van der Waals surface area contributed by atoms with E-state index in [0.29, 0.717) is 5.56 Å². The Balaban J connectivity index is 1.62. The lowest BCUT2D eigenvalue weighted by molar-refractivity contribution is 0.0697. The van der Waals surface area contributed by atoms with Crippen molar-refractivity contribution in [3.8, 4) is 0 Å². The molecule has 106 valence electrons.